The first-order valence-electron chi connectivity index (χ1n) is 5.76. The zero-order valence-corrected chi connectivity index (χ0v) is 9.97. The van der Waals surface area contributed by atoms with Gasteiger partial charge in [-0.3, -0.25) is 0 Å². The van der Waals surface area contributed by atoms with Crippen LogP contribution in [0.2, 0.25) is 0 Å². The van der Waals surface area contributed by atoms with Gasteiger partial charge in [0, 0.05) is 6.20 Å². The molecule has 0 aliphatic carbocycles. The van der Waals surface area contributed by atoms with Crippen LogP contribution in [0.15, 0.2) is 42.6 Å². The second-order valence-electron chi connectivity index (χ2n) is 4.22. The summed E-state index contributed by atoms with van der Waals surface area (Å²) in [5, 5.41) is 0. The molecule has 0 amide bonds. The zero-order valence-electron chi connectivity index (χ0n) is 9.97. The molecule has 0 radical (unpaired) electrons. The van der Waals surface area contributed by atoms with Gasteiger partial charge in [-0.1, -0.05) is 12.1 Å². The van der Waals surface area contributed by atoms with E-state index in [2.05, 4.69) is 9.97 Å². The third-order valence-electron chi connectivity index (χ3n) is 2.92. The van der Waals surface area contributed by atoms with E-state index in [0.717, 1.165) is 22.6 Å². The molecule has 2 aromatic heterocycles. The first-order valence-corrected chi connectivity index (χ1v) is 5.76. The normalized spacial score (nSPS) is 11.0. The Kier molecular flexibility index (Phi) is 2.55. The monoisotopic (exact) mass is 241 g/mol. The molecule has 0 atom stereocenters. The highest BCUT2D eigenvalue weighted by Crippen LogP contribution is 2.15. The molecule has 1 aromatic carbocycles. The Hall–Kier alpha value is -2.23. The second-order valence-corrected chi connectivity index (χ2v) is 4.22. The SMILES string of the molecule is Cc1nc2cccnc2n1Cc1cccc(F)c1. The summed E-state index contributed by atoms with van der Waals surface area (Å²) in [6, 6.07) is 10.4. The van der Waals surface area contributed by atoms with E-state index in [1.165, 1.54) is 12.1 Å². The maximum absolute atomic E-state index is 13.2. The summed E-state index contributed by atoms with van der Waals surface area (Å²) in [6.07, 6.45) is 1.74. The fourth-order valence-corrected chi connectivity index (χ4v) is 2.08. The van der Waals surface area contributed by atoms with Crippen molar-refractivity contribution in [1.29, 1.82) is 0 Å². The lowest BCUT2D eigenvalue weighted by Gasteiger charge is -2.06. The summed E-state index contributed by atoms with van der Waals surface area (Å²) >= 11 is 0. The van der Waals surface area contributed by atoms with Gasteiger partial charge in [-0.15, -0.1) is 0 Å². The Labute approximate surface area is 104 Å². The minimum atomic E-state index is -0.220. The molecule has 0 fully saturated rings. The smallest absolute Gasteiger partial charge is 0.160 e. The van der Waals surface area contributed by atoms with Crippen LogP contribution < -0.4 is 0 Å². The summed E-state index contributed by atoms with van der Waals surface area (Å²) in [5.41, 5.74) is 2.61. The fourth-order valence-electron chi connectivity index (χ4n) is 2.08. The van der Waals surface area contributed by atoms with Gasteiger partial charge in [0.2, 0.25) is 0 Å². The summed E-state index contributed by atoms with van der Waals surface area (Å²) < 4.78 is 15.2. The lowest BCUT2D eigenvalue weighted by Crippen LogP contribution is -2.03. The number of hydrogen-bond acceptors (Lipinski definition) is 2. The van der Waals surface area contributed by atoms with Crippen LogP contribution in [0.5, 0.6) is 0 Å². The lowest BCUT2D eigenvalue weighted by molar-refractivity contribution is 0.623. The minimum Gasteiger partial charge on any atom is -0.308 e. The fraction of sp³-hybridized carbons (Fsp3) is 0.143. The Morgan fingerprint density at radius 2 is 2.11 bits per heavy atom. The maximum Gasteiger partial charge on any atom is 0.160 e. The molecule has 0 spiro atoms. The van der Waals surface area contributed by atoms with Crippen molar-refractivity contribution in [3.63, 3.8) is 0 Å². The van der Waals surface area contributed by atoms with Crippen LogP contribution >= 0.6 is 0 Å². The van der Waals surface area contributed by atoms with Crippen LogP contribution in [0.1, 0.15) is 11.4 Å². The maximum atomic E-state index is 13.2. The summed E-state index contributed by atoms with van der Waals surface area (Å²) in [5.74, 6) is 0.662. The number of halogens is 1. The molecule has 0 N–H and O–H groups in total. The highest BCUT2D eigenvalue weighted by atomic mass is 19.1. The van der Waals surface area contributed by atoms with Crippen LogP contribution in [0.4, 0.5) is 4.39 Å². The number of fused-ring (bicyclic) bond motifs is 1. The Balaban J connectivity index is 2.07. The van der Waals surface area contributed by atoms with E-state index in [1.54, 1.807) is 12.3 Å². The average molecular weight is 241 g/mol. The number of rotatable bonds is 2. The molecule has 2 heterocycles. The highest BCUT2D eigenvalue weighted by Gasteiger charge is 2.08. The van der Waals surface area contributed by atoms with Crippen molar-refractivity contribution in [2.75, 3.05) is 0 Å². The molecule has 90 valence electrons. The molecule has 3 rings (SSSR count). The van der Waals surface area contributed by atoms with Gasteiger partial charge in [0.15, 0.2) is 5.65 Å². The average Bonchev–Trinajstić information content (AvgIpc) is 2.66. The Bertz CT molecular complexity index is 703. The molecule has 0 aliphatic rings. The summed E-state index contributed by atoms with van der Waals surface area (Å²) in [6.45, 7) is 2.51. The second kappa shape index (κ2) is 4.22. The van der Waals surface area contributed by atoms with E-state index in [0.29, 0.717) is 6.54 Å². The molecule has 0 saturated heterocycles. The van der Waals surface area contributed by atoms with E-state index < -0.39 is 0 Å². The standard InChI is InChI=1S/C14H12FN3/c1-10-17-13-6-3-7-16-14(13)18(10)9-11-4-2-5-12(15)8-11/h2-8H,9H2,1H3. The topological polar surface area (TPSA) is 30.7 Å². The van der Waals surface area contributed by atoms with E-state index in [-0.39, 0.29) is 5.82 Å². The molecular formula is C14H12FN3. The van der Waals surface area contributed by atoms with Crippen LogP contribution in [-0.4, -0.2) is 14.5 Å². The molecule has 3 aromatic rings. The summed E-state index contributed by atoms with van der Waals surface area (Å²) in [7, 11) is 0. The van der Waals surface area contributed by atoms with Crippen LogP contribution in [0, 0.1) is 12.7 Å². The molecule has 4 heteroatoms. The predicted molar refractivity (Wildman–Crippen MR) is 67.8 cm³/mol. The third-order valence-corrected chi connectivity index (χ3v) is 2.92. The van der Waals surface area contributed by atoms with Crippen molar-refractivity contribution in [2.45, 2.75) is 13.5 Å². The van der Waals surface area contributed by atoms with Gasteiger partial charge in [0.05, 0.1) is 6.54 Å². The van der Waals surface area contributed by atoms with Gasteiger partial charge in [0.1, 0.15) is 17.2 Å². The van der Waals surface area contributed by atoms with Crippen molar-refractivity contribution >= 4 is 11.2 Å². The molecule has 0 bridgehead atoms. The quantitative estimate of drug-likeness (QED) is 0.690. The third kappa shape index (κ3) is 1.86. The molecule has 3 nitrogen and oxygen atoms in total. The van der Waals surface area contributed by atoms with Crippen molar-refractivity contribution < 1.29 is 4.39 Å². The minimum absolute atomic E-state index is 0.220. The Morgan fingerprint density at radius 1 is 1.22 bits per heavy atom. The van der Waals surface area contributed by atoms with Crippen molar-refractivity contribution in [3.8, 4) is 0 Å². The number of aryl methyl sites for hydroxylation is 1. The molecule has 18 heavy (non-hydrogen) atoms. The lowest BCUT2D eigenvalue weighted by atomic mass is 10.2. The van der Waals surface area contributed by atoms with E-state index in [9.17, 15) is 4.39 Å². The number of imidazole rings is 1. The summed E-state index contributed by atoms with van der Waals surface area (Å²) in [4.78, 5) is 8.77. The molecule has 0 unspecified atom stereocenters. The van der Waals surface area contributed by atoms with E-state index in [4.69, 9.17) is 0 Å². The number of benzene rings is 1. The molecule has 0 saturated carbocycles. The van der Waals surface area contributed by atoms with Crippen LogP contribution in [0.25, 0.3) is 11.2 Å². The van der Waals surface area contributed by atoms with Gasteiger partial charge in [0.25, 0.3) is 0 Å². The van der Waals surface area contributed by atoms with Gasteiger partial charge >= 0.3 is 0 Å². The van der Waals surface area contributed by atoms with Crippen molar-refractivity contribution in [3.05, 3.63) is 59.8 Å². The van der Waals surface area contributed by atoms with Gasteiger partial charge in [-0.25, -0.2) is 14.4 Å². The number of aromatic nitrogens is 3. The van der Waals surface area contributed by atoms with Gasteiger partial charge in [-0.05, 0) is 36.8 Å². The van der Waals surface area contributed by atoms with Gasteiger partial charge < -0.3 is 4.57 Å². The predicted octanol–water partition coefficient (Wildman–Crippen LogP) is 2.93. The largest absolute Gasteiger partial charge is 0.308 e. The first-order chi connectivity index (χ1) is 8.74. The Morgan fingerprint density at radius 3 is 2.94 bits per heavy atom. The number of hydrogen-bond donors (Lipinski definition) is 0. The van der Waals surface area contributed by atoms with Gasteiger partial charge in [-0.2, -0.15) is 0 Å². The molecule has 0 aliphatic heterocycles. The zero-order chi connectivity index (χ0) is 12.5. The van der Waals surface area contributed by atoms with Crippen LogP contribution in [-0.2, 0) is 6.54 Å². The van der Waals surface area contributed by atoms with E-state index >= 15 is 0 Å². The first kappa shape index (κ1) is 10.9. The van der Waals surface area contributed by atoms with E-state index in [1.807, 2.05) is 29.7 Å². The number of pyridine rings is 1. The number of nitrogens with zero attached hydrogens (tertiary/aromatic N) is 3. The molecular weight excluding hydrogens is 229 g/mol. The highest BCUT2D eigenvalue weighted by molar-refractivity contribution is 5.71. The van der Waals surface area contributed by atoms with Crippen molar-refractivity contribution in [1.82, 2.24) is 14.5 Å². The van der Waals surface area contributed by atoms with Crippen LogP contribution in [0.3, 0.4) is 0 Å². The van der Waals surface area contributed by atoms with Crippen molar-refractivity contribution in [2.24, 2.45) is 0 Å².